The van der Waals surface area contributed by atoms with Crippen molar-refractivity contribution in [1.82, 2.24) is 15.3 Å². The highest BCUT2D eigenvalue weighted by molar-refractivity contribution is 6.10. The van der Waals surface area contributed by atoms with E-state index in [1.54, 1.807) is 18.6 Å². The van der Waals surface area contributed by atoms with Crippen LogP contribution in [-0.2, 0) is 9.53 Å². The molecule has 0 saturated carbocycles. The van der Waals surface area contributed by atoms with E-state index in [2.05, 4.69) is 9.97 Å². The summed E-state index contributed by atoms with van der Waals surface area (Å²) in [5.74, 6) is -0.548. The SMILES string of the molecule is O=C1NC(=O)/C(=C/c2c[nH]c3ccncc23)O1. The van der Waals surface area contributed by atoms with Gasteiger partial charge in [0, 0.05) is 35.1 Å². The van der Waals surface area contributed by atoms with E-state index in [1.165, 1.54) is 6.08 Å². The van der Waals surface area contributed by atoms with E-state index in [-0.39, 0.29) is 5.76 Å². The molecule has 84 valence electrons. The summed E-state index contributed by atoms with van der Waals surface area (Å²) < 4.78 is 4.72. The molecule has 1 saturated heterocycles. The molecule has 0 spiro atoms. The van der Waals surface area contributed by atoms with Gasteiger partial charge in [0.1, 0.15) is 0 Å². The van der Waals surface area contributed by atoms with Crippen molar-refractivity contribution in [2.75, 3.05) is 0 Å². The van der Waals surface area contributed by atoms with Gasteiger partial charge < -0.3 is 9.72 Å². The molecule has 6 nitrogen and oxygen atoms in total. The monoisotopic (exact) mass is 229 g/mol. The lowest BCUT2D eigenvalue weighted by atomic mass is 10.2. The Kier molecular flexibility index (Phi) is 1.94. The number of amides is 2. The van der Waals surface area contributed by atoms with Crippen LogP contribution in [0.1, 0.15) is 5.56 Å². The first-order chi connectivity index (χ1) is 8.24. The van der Waals surface area contributed by atoms with Gasteiger partial charge in [-0.05, 0) is 12.1 Å². The van der Waals surface area contributed by atoms with Crippen LogP contribution in [0.25, 0.3) is 17.0 Å². The van der Waals surface area contributed by atoms with E-state index < -0.39 is 12.0 Å². The van der Waals surface area contributed by atoms with E-state index in [9.17, 15) is 9.59 Å². The molecule has 2 aromatic rings. The van der Waals surface area contributed by atoms with Gasteiger partial charge in [-0.3, -0.25) is 15.1 Å². The number of pyridine rings is 1. The molecule has 2 N–H and O–H groups in total. The lowest BCUT2D eigenvalue weighted by Gasteiger charge is -1.92. The number of alkyl carbamates (subject to hydrolysis) is 1. The summed E-state index contributed by atoms with van der Waals surface area (Å²) in [4.78, 5) is 29.2. The number of aromatic nitrogens is 2. The zero-order valence-corrected chi connectivity index (χ0v) is 8.56. The van der Waals surface area contributed by atoms with E-state index in [1.807, 2.05) is 11.4 Å². The number of carbonyl (C=O) groups excluding carboxylic acids is 2. The Hall–Kier alpha value is -2.63. The summed E-state index contributed by atoms with van der Waals surface area (Å²) in [6.07, 6.45) is 5.81. The van der Waals surface area contributed by atoms with Crippen molar-refractivity contribution in [3.05, 3.63) is 36.0 Å². The second-order valence-corrected chi connectivity index (χ2v) is 3.52. The van der Waals surface area contributed by atoms with Gasteiger partial charge in [0.2, 0.25) is 0 Å². The molecule has 0 bridgehead atoms. The molecule has 0 radical (unpaired) electrons. The molecule has 0 aliphatic carbocycles. The van der Waals surface area contributed by atoms with E-state index in [0.717, 1.165) is 16.5 Å². The summed E-state index contributed by atoms with van der Waals surface area (Å²) >= 11 is 0. The minimum Gasteiger partial charge on any atom is -0.404 e. The summed E-state index contributed by atoms with van der Waals surface area (Å²) in [5.41, 5.74) is 1.64. The Balaban J connectivity index is 2.08. The van der Waals surface area contributed by atoms with Crippen molar-refractivity contribution in [2.24, 2.45) is 0 Å². The second kappa shape index (κ2) is 3.44. The summed E-state index contributed by atoms with van der Waals surface area (Å²) in [6.45, 7) is 0. The van der Waals surface area contributed by atoms with Crippen LogP contribution in [0, 0.1) is 0 Å². The fourth-order valence-electron chi connectivity index (χ4n) is 1.67. The van der Waals surface area contributed by atoms with Crippen molar-refractivity contribution in [3.8, 4) is 0 Å². The number of cyclic esters (lactones) is 1. The Morgan fingerprint density at radius 2 is 2.24 bits per heavy atom. The molecule has 0 aromatic carbocycles. The molecule has 1 aliphatic heterocycles. The minimum atomic E-state index is -0.751. The molecule has 6 heteroatoms. The molecule has 17 heavy (non-hydrogen) atoms. The molecule has 1 aliphatic rings. The van der Waals surface area contributed by atoms with Crippen LogP contribution in [-0.4, -0.2) is 22.0 Å². The number of hydrogen-bond acceptors (Lipinski definition) is 4. The summed E-state index contributed by atoms with van der Waals surface area (Å²) in [5, 5.41) is 2.89. The summed E-state index contributed by atoms with van der Waals surface area (Å²) in [7, 11) is 0. The highest BCUT2D eigenvalue weighted by atomic mass is 16.6. The standard InChI is InChI=1S/C11H7N3O3/c15-10-9(17-11(16)14-10)3-6-4-13-8-1-2-12-5-7(6)8/h1-5,13H,(H,14,15,16)/b9-3-. The first-order valence-corrected chi connectivity index (χ1v) is 4.90. The number of rotatable bonds is 1. The van der Waals surface area contributed by atoms with Crippen LogP contribution in [0.2, 0.25) is 0 Å². The van der Waals surface area contributed by atoms with Crippen LogP contribution < -0.4 is 5.32 Å². The first kappa shape index (κ1) is 9.59. The molecular formula is C11H7N3O3. The van der Waals surface area contributed by atoms with Crippen LogP contribution in [0.5, 0.6) is 0 Å². The zero-order chi connectivity index (χ0) is 11.8. The average Bonchev–Trinajstić information content (AvgIpc) is 2.85. The summed E-state index contributed by atoms with van der Waals surface area (Å²) in [6, 6.07) is 1.82. The normalized spacial score (nSPS) is 17.5. The lowest BCUT2D eigenvalue weighted by Crippen LogP contribution is -2.18. The third kappa shape index (κ3) is 1.55. The number of fused-ring (bicyclic) bond motifs is 1. The average molecular weight is 229 g/mol. The van der Waals surface area contributed by atoms with Gasteiger partial charge >= 0.3 is 6.09 Å². The maximum Gasteiger partial charge on any atom is 0.419 e. The number of hydrogen-bond donors (Lipinski definition) is 2. The number of carbonyl (C=O) groups is 2. The van der Waals surface area contributed by atoms with Crippen molar-refractivity contribution in [2.45, 2.75) is 0 Å². The molecule has 0 atom stereocenters. The van der Waals surface area contributed by atoms with Crippen LogP contribution in [0.15, 0.2) is 30.4 Å². The highest BCUT2D eigenvalue weighted by Gasteiger charge is 2.26. The Morgan fingerprint density at radius 1 is 1.35 bits per heavy atom. The highest BCUT2D eigenvalue weighted by Crippen LogP contribution is 2.20. The van der Waals surface area contributed by atoms with Gasteiger partial charge in [-0.25, -0.2) is 4.79 Å². The molecule has 0 unspecified atom stereocenters. The smallest absolute Gasteiger partial charge is 0.404 e. The van der Waals surface area contributed by atoms with Gasteiger partial charge in [-0.1, -0.05) is 0 Å². The molecule has 3 rings (SSSR count). The van der Waals surface area contributed by atoms with Crippen LogP contribution >= 0.6 is 0 Å². The van der Waals surface area contributed by atoms with E-state index >= 15 is 0 Å². The molecular weight excluding hydrogens is 222 g/mol. The predicted octanol–water partition coefficient (Wildman–Crippen LogP) is 1.17. The third-order valence-corrected chi connectivity index (χ3v) is 2.44. The number of imide groups is 1. The van der Waals surface area contributed by atoms with Crippen LogP contribution in [0.4, 0.5) is 4.79 Å². The van der Waals surface area contributed by atoms with Gasteiger partial charge in [0.05, 0.1) is 0 Å². The largest absolute Gasteiger partial charge is 0.419 e. The van der Waals surface area contributed by atoms with E-state index in [4.69, 9.17) is 4.74 Å². The molecule has 3 heterocycles. The second-order valence-electron chi connectivity index (χ2n) is 3.52. The van der Waals surface area contributed by atoms with Crippen molar-refractivity contribution >= 4 is 29.0 Å². The maximum absolute atomic E-state index is 11.3. The van der Waals surface area contributed by atoms with E-state index in [0.29, 0.717) is 0 Å². The zero-order valence-electron chi connectivity index (χ0n) is 8.56. The minimum absolute atomic E-state index is 0.0141. The number of ether oxygens (including phenoxy) is 1. The number of H-pyrrole nitrogens is 1. The van der Waals surface area contributed by atoms with Crippen LogP contribution in [0.3, 0.4) is 0 Å². The number of nitrogens with zero attached hydrogens (tertiary/aromatic N) is 1. The molecule has 1 fully saturated rings. The number of aromatic amines is 1. The van der Waals surface area contributed by atoms with Gasteiger partial charge in [-0.15, -0.1) is 0 Å². The van der Waals surface area contributed by atoms with Crippen molar-refractivity contribution < 1.29 is 14.3 Å². The quantitative estimate of drug-likeness (QED) is 0.719. The lowest BCUT2D eigenvalue weighted by molar-refractivity contribution is -0.116. The van der Waals surface area contributed by atoms with Gasteiger partial charge in [-0.2, -0.15) is 0 Å². The predicted molar refractivity (Wildman–Crippen MR) is 58.7 cm³/mol. The topological polar surface area (TPSA) is 84.1 Å². The Morgan fingerprint density at radius 3 is 3.00 bits per heavy atom. The molecule has 2 amide bonds. The third-order valence-electron chi connectivity index (χ3n) is 2.44. The van der Waals surface area contributed by atoms with Gasteiger partial charge in [0.15, 0.2) is 5.76 Å². The fourth-order valence-corrected chi connectivity index (χ4v) is 1.67. The van der Waals surface area contributed by atoms with Crippen molar-refractivity contribution in [1.29, 1.82) is 0 Å². The van der Waals surface area contributed by atoms with Gasteiger partial charge in [0.25, 0.3) is 5.91 Å². The Labute approximate surface area is 95.3 Å². The first-order valence-electron chi connectivity index (χ1n) is 4.90. The Bertz CT molecular complexity index is 657. The molecule has 2 aromatic heterocycles. The maximum atomic E-state index is 11.3. The number of nitrogens with one attached hydrogen (secondary N) is 2. The fraction of sp³-hybridized carbons (Fsp3) is 0. The van der Waals surface area contributed by atoms with Crippen molar-refractivity contribution in [3.63, 3.8) is 0 Å².